The Bertz CT molecular complexity index is 1930. The number of hydrogen-bond acceptors (Lipinski definition) is 9. The van der Waals surface area contributed by atoms with Crippen LogP contribution in [0.2, 0.25) is 0 Å². The second-order valence-corrected chi connectivity index (χ2v) is 11.9. The maximum Gasteiger partial charge on any atom is 0.300 e. The number of amides is 1. The number of nitrogens with two attached hydrogens (primary N) is 1. The van der Waals surface area contributed by atoms with Crippen LogP contribution in [0.5, 0.6) is 0 Å². The molecule has 40 heavy (non-hydrogen) atoms. The summed E-state index contributed by atoms with van der Waals surface area (Å²) in [6.07, 6.45) is 0.759. The number of nitrogen functional groups attached to an aromatic ring is 1. The van der Waals surface area contributed by atoms with E-state index in [0.717, 1.165) is 6.07 Å². The average molecular weight is 588 g/mol. The van der Waals surface area contributed by atoms with E-state index in [9.17, 15) is 35.5 Å². The van der Waals surface area contributed by atoms with Crippen molar-refractivity contribution in [1.82, 2.24) is 4.90 Å². The van der Waals surface area contributed by atoms with Crippen molar-refractivity contribution >= 4 is 48.6 Å². The van der Waals surface area contributed by atoms with Crippen LogP contribution in [0.1, 0.15) is 30.1 Å². The Morgan fingerprint density at radius 1 is 0.975 bits per heavy atom. The van der Waals surface area contributed by atoms with Gasteiger partial charge in [-0.3, -0.25) is 19.3 Å². The maximum absolute atomic E-state index is 13.4. The Labute approximate surface area is 229 Å². The summed E-state index contributed by atoms with van der Waals surface area (Å²) in [5, 5.41) is 7.38. The third-order valence-corrected chi connectivity index (χ3v) is 8.14. The van der Waals surface area contributed by atoms with Crippen LogP contribution in [0.3, 0.4) is 0 Å². The first kappa shape index (κ1) is 28.9. The fourth-order valence-corrected chi connectivity index (χ4v) is 5.98. The molecule has 2 aromatic carbocycles. The van der Waals surface area contributed by atoms with Crippen LogP contribution < -0.4 is 11.1 Å². The van der Waals surface area contributed by atoms with Crippen molar-refractivity contribution in [2.75, 3.05) is 19.3 Å². The van der Waals surface area contributed by atoms with Crippen molar-refractivity contribution in [3.8, 4) is 22.5 Å². The molecule has 0 saturated carbocycles. The molecule has 5 N–H and O–H groups in total. The van der Waals surface area contributed by atoms with Gasteiger partial charge in [0, 0.05) is 36.5 Å². The number of carbonyl (C=O) groups excluding carboxylic acids is 2. The van der Waals surface area contributed by atoms with E-state index >= 15 is 0 Å². The first-order valence-corrected chi connectivity index (χ1v) is 14.7. The van der Waals surface area contributed by atoms with Gasteiger partial charge >= 0.3 is 0 Å². The number of rotatable bonds is 8. The molecule has 0 spiro atoms. The van der Waals surface area contributed by atoms with Gasteiger partial charge in [0.05, 0.1) is 11.0 Å². The summed E-state index contributed by atoms with van der Waals surface area (Å²) >= 11 is 0. The Morgan fingerprint density at radius 2 is 1.62 bits per heavy atom. The van der Waals surface area contributed by atoms with Crippen molar-refractivity contribution in [3.63, 3.8) is 0 Å². The average Bonchev–Trinajstić information content (AvgIpc) is 2.84. The molecule has 2 aromatic rings. The van der Waals surface area contributed by atoms with Crippen LogP contribution in [0, 0.1) is 5.41 Å². The van der Waals surface area contributed by atoms with E-state index in [2.05, 4.69) is 0 Å². The molecule has 2 aliphatic rings. The molecule has 0 bridgehead atoms. The van der Waals surface area contributed by atoms with Gasteiger partial charge in [0.15, 0.2) is 21.1 Å². The first-order valence-electron chi connectivity index (χ1n) is 11.8. The summed E-state index contributed by atoms with van der Waals surface area (Å²) in [6.45, 7) is 1.76. The number of carbonyl (C=O) groups is 2. The molecule has 0 radical (unpaired) electrons. The number of benzene rings is 3. The van der Waals surface area contributed by atoms with Crippen molar-refractivity contribution in [2.24, 2.45) is 0 Å². The van der Waals surface area contributed by atoms with Gasteiger partial charge in [-0.15, -0.1) is 0 Å². The van der Waals surface area contributed by atoms with Crippen LogP contribution in [-0.2, 0) is 25.0 Å². The third-order valence-electron chi connectivity index (χ3n) is 6.28. The lowest BCUT2D eigenvalue weighted by Crippen LogP contribution is -2.28. The van der Waals surface area contributed by atoms with Crippen LogP contribution in [0.15, 0.2) is 62.7 Å². The number of hydrogen-bond donors (Lipinski definition) is 4. The van der Waals surface area contributed by atoms with E-state index in [1.54, 1.807) is 31.3 Å². The molecular formula is C26H25N3O9S2. The lowest BCUT2D eigenvalue weighted by Gasteiger charge is -2.21. The van der Waals surface area contributed by atoms with Crippen molar-refractivity contribution in [2.45, 2.75) is 29.6 Å². The summed E-state index contributed by atoms with van der Waals surface area (Å²) in [6, 6.07) is 11.5. The van der Waals surface area contributed by atoms with Gasteiger partial charge in [-0.2, -0.15) is 16.8 Å². The highest BCUT2D eigenvalue weighted by atomic mass is 32.2. The van der Waals surface area contributed by atoms with E-state index in [1.165, 1.54) is 30.0 Å². The summed E-state index contributed by atoms with van der Waals surface area (Å²) < 4.78 is 74.2. The van der Waals surface area contributed by atoms with E-state index in [4.69, 9.17) is 15.6 Å². The van der Waals surface area contributed by atoms with E-state index in [-0.39, 0.29) is 27.9 Å². The minimum atomic E-state index is -5.02. The highest BCUT2D eigenvalue weighted by Gasteiger charge is 2.29. The van der Waals surface area contributed by atoms with Gasteiger partial charge < -0.3 is 19.8 Å². The molecular weight excluding hydrogens is 562 g/mol. The molecule has 1 aliphatic carbocycles. The van der Waals surface area contributed by atoms with Gasteiger partial charge in [-0.25, -0.2) is 0 Å². The highest BCUT2D eigenvalue weighted by Crippen LogP contribution is 2.42. The lowest BCUT2D eigenvalue weighted by molar-refractivity contribution is -0.117. The van der Waals surface area contributed by atoms with Crippen LogP contribution in [0.4, 0.5) is 5.69 Å². The molecule has 0 unspecified atom stereocenters. The molecule has 0 atom stereocenters. The minimum Gasteiger partial charge on any atom is -0.453 e. The van der Waals surface area contributed by atoms with E-state index < -0.39 is 58.3 Å². The molecule has 1 heterocycles. The normalized spacial score (nSPS) is 12.1. The van der Waals surface area contributed by atoms with E-state index in [1.807, 2.05) is 0 Å². The molecule has 1 amide bonds. The predicted octanol–water partition coefficient (Wildman–Crippen LogP) is 3.20. The van der Waals surface area contributed by atoms with Crippen LogP contribution in [0.25, 0.3) is 33.4 Å². The first-order chi connectivity index (χ1) is 18.6. The smallest absolute Gasteiger partial charge is 0.300 e. The zero-order valence-electron chi connectivity index (χ0n) is 21.3. The van der Waals surface area contributed by atoms with Crippen molar-refractivity contribution in [3.05, 3.63) is 59.5 Å². The maximum atomic E-state index is 13.4. The molecule has 0 saturated heterocycles. The summed E-state index contributed by atoms with van der Waals surface area (Å²) in [5.74, 6) is -0.929. The summed E-state index contributed by atoms with van der Waals surface area (Å²) in [4.78, 5) is 24.4. The third kappa shape index (κ3) is 5.47. The number of nitrogens with zero attached hydrogens (tertiary/aromatic N) is 1. The van der Waals surface area contributed by atoms with E-state index in [0.29, 0.717) is 24.9 Å². The quantitative estimate of drug-likeness (QED) is 0.134. The second-order valence-electron chi connectivity index (χ2n) is 9.22. The summed E-state index contributed by atoms with van der Waals surface area (Å²) in [5.41, 5.74) is 5.91. The topological polar surface area (TPSA) is 209 Å². The number of fused-ring (bicyclic) bond motifs is 2. The molecule has 12 nitrogen and oxygen atoms in total. The minimum absolute atomic E-state index is 0.00668. The molecule has 1 aliphatic heterocycles. The highest BCUT2D eigenvalue weighted by molar-refractivity contribution is 7.86. The van der Waals surface area contributed by atoms with Crippen LogP contribution >= 0.6 is 0 Å². The molecule has 0 aromatic heterocycles. The molecule has 0 fully saturated rings. The van der Waals surface area contributed by atoms with Gasteiger partial charge in [-0.05, 0) is 54.8 Å². The molecule has 210 valence electrons. The SMILES string of the molecule is CC(=O)CCCN(C)C(=O)c1ccccc1-c1cc(N)c(S(=O)(=O)O)c2oc3c(S(=O)(=O)O)c(=N)ccc-3cc12. The Morgan fingerprint density at radius 3 is 2.25 bits per heavy atom. The standard InChI is InChI=1S/C26H25N3O9S2/c1-14(30)6-5-11-29(2)26(31)17-8-4-3-7-16(17)18-13-21(28)25(40(35,36)37)23-19(18)12-15-9-10-20(27)24(22(15)38-23)39(32,33)34/h3-4,7-10,12-13,27H,5-6,11,28H2,1-2H3,(H,32,33,34)(H,35,36,37). The Kier molecular flexibility index (Phi) is 7.56. The Balaban J connectivity index is 2.06. The van der Waals surface area contributed by atoms with Crippen molar-refractivity contribution < 1.29 is 39.9 Å². The molecule has 14 heteroatoms. The Hall–Kier alpha value is -4.11. The zero-order chi connectivity index (χ0) is 29.6. The fraction of sp³-hybridized carbons (Fsp3) is 0.192. The number of nitrogens with one attached hydrogen (secondary N) is 1. The molecule has 4 rings (SSSR count). The van der Waals surface area contributed by atoms with Gasteiger partial charge in [0.25, 0.3) is 26.1 Å². The van der Waals surface area contributed by atoms with Gasteiger partial charge in [-0.1, -0.05) is 18.2 Å². The van der Waals surface area contributed by atoms with Gasteiger partial charge in [0.2, 0.25) is 0 Å². The lowest BCUT2D eigenvalue weighted by atomic mass is 9.94. The zero-order valence-corrected chi connectivity index (χ0v) is 23.0. The fourth-order valence-electron chi connectivity index (χ4n) is 4.50. The largest absolute Gasteiger partial charge is 0.453 e. The number of anilines is 1. The predicted molar refractivity (Wildman–Crippen MR) is 145 cm³/mol. The van der Waals surface area contributed by atoms with Crippen molar-refractivity contribution in [1.29, 1.82) is 5.41 Å². The summed E-state index contributed by atoms with van der Waals surface area (Å²) in [7, 11) is -8.43. The number of ketones is 1. The van der Waals surface area contributed by atoms with Crippen LogP contribution in [-0.4, -0.2) is 56.1 Å². The second kappa shape index (κ2) is 10.5. The number of Topliss-reactive ketones (excluding diaryl/α,β-unsaturated/α-hetero) is 1. The van der Waals surface area contributed by atoms with Gasteiger partial charge in [0.1, 0.15) is 5.78 Å². The monoisotopic (exact) mass is 587 g/mol.